The highest BCUT2D eigenvalue weighted by molar-refractivity contribution is 7.18. The van der Waals surface area contributed by atoms with Gasteiger partial charge in [-0.3, -0.25) is 0 Å². The smallest absolute Gasteiger partial charge is 0.157 e. The number of pyridine rings is 1. The molecule has 0 atom stereocenters. The summed E-state index contributed by atoms with van der Waals surface area (Å²) in [7, 11) is 0. The van der Waals surface area contributed by atoms with Crippen LogP contribution in [0.15, 0.2) is 48.9 Å². The van der Waals surface area contributed by atoms with Gasteiger partial charge in [-0.1, -0.05) is 11.3 Å². The molecule has 1 fully saturated rings. The molecule has 4 aromatic rings. The maximum Gasteiger partial charge on any atom is 0.157 e. The van der Waals surface area contributed by atoms with Gasteiger partial charge in [0.05, 0.1) is 5.01 Å². The van der Waals surface area contributed by atoms with E-state index in [0.29, 0.717) is 6.54 Å². The SMILES string of the molecule is Cc1nc2c(NCc3ccnc(N4CCN(c5ccc(F)cc5)CC4)c3)ncnc2s1. The highest BCUT2D eigenvalue weighted by Crippen LogP contribution is 2.25. The van der Waals surface area contributed by atoms with Gasteiger partial charge in [0.15, 0.2) is 5.82 Å². The van der Waals surface area contributed by atoms with Crippen molar-refractivity contribution in [1.29, 1.82) is 0 Å². The lowest BCUT2D eigenvalue weighted by atomic mass is 10.2. The number of hydrogen-bond acceptors (Lipinski definition) is 8. The van der Waals surface area contributed by atoms with Gasteiger partial charge in [-0.25, -0.2) is 24.3 Å². The average Bonchev–Trinajstić information content (AvgIpc) is 3.19. The van der Waals surface area contributed by atoms with E-state index < -0.39 is 0 Å². The van der Waals surface area contributed by atoms with Crippen molar-refractivity contribution in [2.75, 3.05) is 41.3 Å². The average molecular weight is 436 g/mol. The first kappa shape index (κ1) is 19.6. The van der Waals surface area contributed by atoms with Crippen molar-refractivity contribution < 1.29 is 4.39 Å². The number of thiazole rings is 1. The maximum atomic E-state index is 13.2. The Morgan fingerprint density at radius 3 is 2.58 bits per heavy atom. The molecule has 0 unspecified atom stereocenters. The third-order valence-electron chi connectivity index (χ3n) is 5.37. The third-order valence-corrected chi connectivity index (χ3v) is 6.25. The van der Waals surface area contributed by atoms with Gasteiger partial charge in [-0.15, -0.1) is 0 Å². The van der Waals surface area contributed by atoms with Crippen molar-refractivity contribution in [1.82, 2.24) is 19.9 Å². The first-order valence-electron chi connectivity index (χ1n) is 10.2. The molecule has 0 amide bonds. The second kappa shape index (κ2) is 8.43. The maximum absolute atomic E-state index is 13.2. The molecule has 1 N–H and O–H groups in total. The summed E-state index contributed by atoms with van der Waals surface area (Å²) >= 11 is 1.57. The van der Waals surface area contributed by atoms with Crippen LogP contribution in [0.25, 0.3) is 10.3 Å². The molecule has 31 heavy (non-hydrogen) atoms. The van der Waals surface area contributed by atoms with Gasteiger partial charge in [0.25, 0.3) is 0 Å². The van der Waals surface area contributed by atoms with Crippen LogP contribution in [0.2, 0.25) is 0 Å². The van der Waals surface area contributed by atoms with Crippen LogP contribution in [0, 0.1) is 12.7 Å². The van der Waals surface area contributed by atoms with Crippen molar-refractivity contribution in [3.8, 4) is 0 Å². The standard InChI is InChI=1S/C22H22FN7S/c1-15-28-20-21(26-14-27-22(20)31-15)25-13-16-6-7-24-19(12-16)30-10-8-29(9-11-30)18-4-2-17(23)3-5-18/h2-7,12,14H,8-11,13H2,1H3,(H,25,26,27). The van der Waals surface area contributed by atoms with Gasteiger partial charge in [0.1, 0.15) is 28.3 Å². The third kappa shape index (κ3) is 4.27. The number of nitrogens with zero attached hydrogens (tertiary/aromatic N) is 6. The first-order chi connectivity index (χ1) is 15.2. The number of nitrogens with one attached hydrogen (secondary N) is 1. The molecule has 0 bridgehead atoms. The van der Waals surface area contributed by atoms with Crippen molar-refractivity contribution in [2.45, 2.75) is 13.5 Å². The van der Waals surface area contributed by atoms with E-state index in [1.54, 1.807) is 17.7 Å². The van der Waals surface area contributed by atoms with Gasteiger partial charge in [-0.2, -0.15) is 0 Å². The van der Waals surface area contributed by atoms with Gasteiger partial charge < -0.3 is 15.1 Å². The number of hydrogen-bond donors (Lipinski definition) is 1. The van der Waals surface area contributed by atoms with Crippen LogP contribution in [0.4, 0.5) is 21.7 Å². The number of anilines is 3. The molecular formula is C22H22FN7S. The van der Waals surface area contributed by atoms with Crippen LogP contribution in [-0.4, -0.2) is 46.1 Å². The van der Waals surface area contributed by atoms with Crippen LogP contribution >= 0.6 is 11.3 Å². The Bertz CT molecular complexity index is 1190. The van der Waals surface area contributed by atoms with Crippen molar-refractivity contribution in [3.63, 3.8) is 0 Å². The fourth-order valence-corrected chi connectivity index (χ4v) is 4.52. The van der Waals surface area contributed by atoms with Crippen LogP contribution in [0.5, 0.6) is 0 Å². The Hall–Kier alpha value is -3.33. The zero-order valence-corrected chi connectivity index (χ0v) is 17.9. The predicted octanol–water partition coefficient (Wildman–Crippen LogP) is 3.87. The first-order valence-corrected chi connectivity index (χ1v) is 11.0. The largest absolute Gasteiger partial charge is 0.368 e. The molecule has 158 valence electrons. The topological polar surface area (TPSA) is 70.1 Å². The van der Waals surface area contributed by atoms with E-state index in [2.05, 4.69) is 41.1 Å². The second-order valence-corrected chi connectivity index (χ2v) is 8.62. The number of piperazine rings is 1. The predicted molar refractivity (Wildman–Crippen MR) is 122 cm³/mol. The molecule has 3 aromatic heterocycles. The summed E-state index contributed by atoms with van der Waals surface area (Å²) in [6, 6.07) is 10.8. The van der Waals surface area contributed by atoms with Crippen LogP contribution in [0.3, 0.4) is 0 Å². The molecule has 0 radical (unpaired) electrons. The number of rotatable bonds is 5. The monoisotopic (exact) mass is 435 g/mol. The Morgan fingerprint density at radius 2 is 1.77 bits per heavy atom. The Morgan fingerprint density at radius 1 is 1.00 bits per heavy atom. The number of fused-ring (bicyclic) bond motifs is 1. The summed E-state index contributed by atoms with van der Waals surface area (Å²) in [5.74, 6) is 1.51. The van der Waals surface area contributed by atoms with Gasteiger partial charge >= 0.3 is 0 Å². The molecule has 0 aliphatic carbocycles. The second-order valence-electron chi connectivity index (χ2n) is 7.44. The van der Waals surface area contributed by atoms with E-state index in [0.717, 1.165) is 64.4 Å². The lowest BCUT2D eigenvalue weighted by Gasteiger charge is -2.36. The lowest BCUT2D eigenvalue weighted by molar-refractivity contribution is 0.624. The van der Waals surface area contributed by atoms with Crippen molar-refractivity contribution in [2.24, 2.45) is 0 Å². The van der Waals surface area contributed by atoms with Crippen molar-refractivity contribution >= 4 is 39.0 Å². The molecular weight excluding hydrogens is 413 g/mol. The Balaban J connectivity index is 1.24. The molecule has 1 aliphatic heterocycles. The summed E-state index contributed by atoms with van der Waals surface area (Å²) in [5, 5.41) is 4.36. The zero-order valence-electron chi connectivity index (χ0n) is 17.1. The molecule has 0 spiro atoms. The fraction of sp³-hybridized carbons (Fsp3) is 0.273. The van der Waals surface area contributed by atoms with E-state index in [1.165, 1.54) is 12.1 Å². The quantitative estimate of drug-likeness (QED) is 0.510. The van der Waals surface area contributed by atoms with Crippen molar-refractivity contribution in [3.05, 3.63) is 65.3 Å². The minimum atomic E-state index is -0.204. The zero-order chi connectivity index (χ0) is 21.2. The molecule has 9 heteroatoms. The molecule has 1 aromatic carbocycles. The summed E-state index contributed by atoms with van der Waals surface area (Å²) < 4.78 is 13.2. The van der Waals surface area contributed by atoms with Crippen LogP contribution in [-0.2, 0) is 6.54 Å². The minimum absolute atomic E-state index is 0.204. The number of halogens is 1. The number of aromatic nitrogens is 4. The Kier molecular flexibility index (Phi) is 5.33. The molecule has 4 heterocycles. The van der Waals surface area contributed by atoms with E-state index in [4.69, 9.17) is 0 Å². The Labute approximate surface area is 183 Å². The summed E-state index contributed by atoms with van der Waals surface area (Å²) in [6.07, 6.45) is 3.42. The van der Waals surface area contributed by atoms with E-state index in [-0.39, 0.29) is 5.82 Å². The fourth-order valence-electron chi connectivity index (χ4n) is 3.76. The molecule has 1 saturated heterocycles. The summed E-state index contributed by atoms with van der Waals surface area (Å²) in [6.45, 7) is 6.09. The normalized spacial score (nSPS) is 14.3. The van der Waals surface area contributed by atoms with Crippen LogP contribution < -0.4 is 15.1 Å². The van der Waals surface area contributed by atoms with Gasteiger partial charge in [0.2, 0.25) is 0 Å². The molecule has 1 aliphatic rings. The lowest BCUT2D eigenvalue weighted by Crippen LogP contribution is -2.46. The summed E-state index contributed by atoms with van der Waals surface area (Å²) in [4.78, 5) is 23.2. The van der Waals surface area contributed by atoms with E-state index in [9.17, 15) is 4.39 Å². The van der Waals surface area contributed by atoms with Gasteiger partial charge in [0, 0.05) is 44.6 Å². The number of benzene rings is 1. The molecule has 0 saturated carbocycles. The molecule has 7 nitrogen and oxygen atoms in total. The molecule has 5 rings (SSSR count). The number of aryl methyl sites for hydroxylation is 1. The van der Waals surface area contributed by atoms with Crippen LogP contribution in [0.1, 0.15) is 10.6 Å². The van der Waals surface area contributed by atoms with E-state index >= 15 is 0 Å². The van der Waals surface area contributed by atoms with E-state index in [1.807, 2.05) is 31.3 Å². The van der Waals surface area contributed by atoms with Gasteiger partial charge in [-0.05, 0) is 48.9 Å². The highest BCUT2D eigenvalue weighted by Gasteiger charge is 2.18. The minimum Gasteiger partial charge on any atom is -0.368 e. The summed E-state index contributed by atoms with van der Waals surface area (Å²) in [5.41, 5.74) is 3.00. The highest BCUT2D eigenvalue weighted by atomic mass is 32.1.